The number of anilines is 1. The molecule has 2 aromatic rings. The predicted octanol–water partition coefficient (Wildman–Crippen LogP) is 1.80. The van der Waals surface area contributed by atoms with Gasteiger partial charge in [0.15, 0.2) is 0 Å². The average molecular weight is 336 g/mol. The number of benzene rings is 1. The third-order valence-electron chi connectivity index (χ3n) is 3.59. The molecule has 0 spiro atoms. The van der Waals surface area contributed by atoms with Crippen molar-refractivity contribution in [1.29, 1.82) is 0 Å². The van der Waals surface area contributed by atoms with E-state index in [0.717, 1.165) is 0 Å². The third kappa shape index (κ3) is 3.57. The number of ether oxygens (including phenoxy) is 2. The molecule has 0 fully saturated rings. The van der Waals surface area contributed by atoms with Crippen molar-refractivity contribution < 1.29 is 19.5 Å². The molecule has 0 aliphatic rings. The van der Waals surface area contributed by atoms with Gasteiger partial charge in [0.1, 0.15) is 17.2 Å². The number of aryl methyl sites for hydroxylation is 2. The fourth-order valence-electron chi connectivity index (χ4n) is 2.40. The van der Waals surface area contributed by atoms with E-state index in [1.807, 2.05) is 0 Å². The summed E-state index contributed by atoms with van der Waals surface area (Å²) in [5.74, 6) is 1.34. The van der Waals surface area contributed by atoms with Crippen LogP contribution in [-0.2, 0) is 7.05 Å². The Hall–Kier alpha value is -2.81. The molecule has 0 saturated heterocycles. The largest absolute Gasteiger partial charge is 0.497 e. The number of aromatic nitrogens is 2. The van der Waals surface area contributed by atoms with Gasteiger partial charge in [-0.15, -0.1) is 0 Å². The first-order chi connectivity index (χ1) is 11.4. The number of hydrogen-bond acceptors (Lipinski definition) is 7. The zero-order valence-electron chi connectivity index (χ0n) is 13.9. The lowest BCUT2D eigenvalue weighted by Gasteiger charge is -2.15. The third-order valence-corrected chi connectivity index (χ3v) is 3.59. The van der Waals surface area contributed by atoms with Crippen LogP contribution < -0.4 is 14.8 Å². The number of aliphatic hydroxyl groups is 1. The van der Waals surface area contributed by atoms with Crippen molar-refractivity contribution in [3.8, 4) is 11.5 Å². The number of aliphatic hydroxyl groups excluding tert-OH is 1. The molecular weight excluding hydrogens is 316 g/mol. The summed E-state index contributed by atoms with van der Waals surface area (Å²) in [6.45, 7) is 1.63. The van der Waals surface area contributed by atoms with Gasteiger partial charge in [0, 0.05) is 19.7 Å². The quantitative estimate of drug-likeness (QED) is 0.585. The highest BCUT2D eigenvalue weighted by atomic mass is 16.6. The van der Waals surface area contributed by atoms with Crippen LogP contribution in [0, 0.1) is 17.0 Å². The summed E-state index contributed by atoms with van der Waals surface area (Å²) < 4.78 is 11.7. The topological polar surface area (TPSA) is 112 Å². The molecule has 1 aromatic carbocycles. The van der Waals surface area contributed by atoms with Crippen molar-refractivity contribution in [2.24, 2.45) is 7.05 Å². The van der Waals surface area contributed by atoms with E-state index in [-0.39, 0.29) is 18.1 Å². The molecule has 2 N–H and O–H groups in total. The Bertz CT molecular complexity index is 721. The minimum absolute atomic E-state index is 0.0656. The number of rotatable bonds is 7. The molecule has 0 bridgehead atoms. The smallest absolute Gasteiger partial charge is 0.333 e. The Kier molecular flexibility index (Phi) is 5.24. The minimum atomic E-state index is -0.913. The number of hydrogen-bond donors (Lipinski definition) is 2. The summed E-state index contributed by atoms with van der Waals surface area (Å²) in [5, 5.41) is 28.4. The van der Waals surface area contributed by atoms with Gasteiger partial charge in [-0.2, -0.15) is 5.10 Å². The first kappa shape index (κ1) is 17.5. The van der Waals surface area contributed by atoms with Gasteiger partial charge in [-0.3, -0.25) is 10.1 Å². The van der Waals surface area contributed by atoms with E-state index in [0.29, 0.717) is 22.8 Å². The van der Waals surface area contributed by atoms with Crippen LogP contribution in [0.5, 0.6) is 11.5 Å². The van der Waals surface area contributed by atoms with Crippen molar-refractivity contribution in [1.82, 2.24) is 9.78 Å². The first-order valence-electron chi connectivity index (χ1n) is 7.20. The predicted molar refractivity (Wildman–Crippen MR) is 87.6 cm³/mol. The number of nitrogens with zero attached hydrogens (tertiary/aromatic N) is 3. The first-order valence-corrected chi connectivity index (χ1v) is 7.20. The molecule has 1 aromatic heterocycles. The molecular formula is C15H20N4O5. The Balaban J connectivity index is 2.20. The molecule has 130 valence electrons. The Morgan fingerprint density at radius 1 is 1.33 bits per heavy atom. The molecule has 1 heterocycles. The van der Waals surface area contributed by atoms with E-state index in [1.54, 1.807) is 32.2 Å². The summed E-state index contributed by atoms with van der Waals surface area (Å²) in [5.41, 5.74) is 0.774. The minimum Gasteiger partial charge on any atom is -0.497 e. The normalized spacial score (nSPS) is 11.9. The second-order valence-electron chi connectivity index (χ2n) is 5.21. The summed E-state index contributed by atoms with van der Waals surface area (Å²) in [6, 6.07) is 5.05. The van der Waals surface area contributed by atoms with Gasteiger partial charge in [0.25, 0.3) is 0 Å². The molecule has 1 atom stereocenters. The Labute approximate surface area is 139 Å². The lowest BCUT2D eigenvalue weighted by molar-refractivity contribution is -0.384. The van der Waals surface area contributed by atoms with E-state index in [1.165, 1.54) is 18.9 Å². The lowest BCUT2D eigenvalue weighted by Crippen LogP contribution is -2.15. The molecule has 9 heteroatoms. The van der Waals surface area contributed by atoms with E-state index >= 15 is 0 Å². The SMILES string of the molecule is COc1cc(OC)cc(C(O)CNc2c([N+](=O)[O-])c(C)nn2C)c1. The van der Waals surface area contributed by atoms with Crippen LogP contribution in [0.4, 0.5) is 11.5 Å². The van der Waals surface area contributed by atoms with Crippen molar-refractivity contribution in [2.75, 3.05) is 26.1 Å². The van der Waals surface area contributed by atoms with Gasteiger partial charge in [-0.1, -0.05) is 0 Å². The van der Waals surface area contributed by atoms with Crippen LogP contribution in [-0.4, -0.2) is 40.6 Å². The van der Waals surface area contributed by atoms with Gasteiger partial charge in [-0.05, 0) is 24.6 Å². The maximum atomic E-state index is 11.2. The zero-order chi connectivity index (χ0) is 17.9. The van der Waals surface area contributed by atoms with Crippen LogP contribution >= 0.6 is 0 Å². The van der Waals surface area contributed by atoms with Gasteiger partial charge in [0.05, 0.1) is 25.2 Å². The van der Waals surface area contributed by atoms with Crippen LogP contribution in [0.25, 0.3) is 0 Å². The fourth-order valence-corrected chi connectivity index (χ4v) is 2.40. The van der Waals surface area contributed by atoms with Gasteiger partial charge >= 0.3 is 5.69 Å². The number of nitrogens with one attached hydrogen (secondary N) is 1. The standard InChI is InChI=1S/C15H20N4O5/c1-9-14(19(21)22)15(18(2)17-9)16-8-13(20)10-5-11(23-3)7-12(6-10)24-4/h5-7,13,16,20H,8H2,1-4H3. The lowest BCUT2D eigenvalue weighted by atomic mass is 10.1. The Morgan fingerprint density at radius 2 is 1.92 bits per heavy atom. The van der Waals surface area contributed by atoms with Gasteiger partial charge in [-0.25, -0.2) is 4.68 Å². The summed E-state index contributed by atoms with van der Waals surface area (Å²) in [4.78, 5) is 10.7. The highest BCUT2D eigenvalue weighted by molar-refractivity contribution is 5.59. The zero-order valence-corrected chi connectivity index (χ0v) is 13.9. The molecule has 0 saturated carbocycles. The molecule has 1 unspecified atom stereocenters. The molecule has 0 aliphatic heterocycles. The second kappa shape index (κ2) is 7.18. The number of methoxy groups -OCH3 is 2. The summed E-state index contributed by atoms with van der Waals surface area (Å²) in [6.07, 6.45) is -0.913. The fraction of sp³-hybridized carbons (Fsp3) is 0.400. The van der Waals surface area contributed by atoms with E-state index in [9.17, 15) is 15.2 Å². The maximum absolute atomic E-state index is 11.2. The molecule has 0 aliphatic carbocycles. The van der Waals surface area contributed by atoms with E-state index < -0.39 is 11.0 Å². The monoisotopic (exact) mass is 336 g/mol. The summed E-state index contributed by atoms with van der Waals surface area (Å²) >= 11 is 0. The van der Waals surface area contributed by atoms with Gasteiger partial charge < -0.3 is 19.9 Å². The van der Waals surface area contributed by atoms with Crippen LogP contribution in [0.15, 0.2) is 18.2 Å². The highest BCUT2D eigenvalue weighted by Gasteiger charge is 2.24. The highest BCUT2D eigenvalue weighted by Crippen LogP contribution is 2.29. The van der Waals surface area contributed by atoms with Gasteiger partial charge in [0.2, 0.25) is 5.82 Å². The average Bonchev–Trinajstić information content (AvgIpc) is 2.85. The molecule has 24 heavy (non-hydrogen) atoms. The molecule has 0 amide bonds. The van der Waals surface area contributed by atoms with Crippen molar-refractivity contribution in [3.63, 3.8) is 0 Å². The molecule has 0 radical (unpaired) electrons. The van der Waals surface area contributed by atoms with Crippen LogP contribution in [0.2, 0.25) is 0 Å². The van der Waals surface area contributed by atoms with E-state index in [4.69, 9.17) is 9.47 Å². The maximum Gasteiger partial charge on any atom is 0.333 e. The Morgan fingerprint density at radius 3 is 2.42 bits per heavy atom. The second-order valence-corrected chi connectivity index (χ2v) is 5.21. The number of nitro groups is 1. The van der Waals surface area contributed by atoms with Crippen molar-refractivity contribution in [3.05, 3.63) is 39.6 Å². The molecule has 2 rings (SSSR count). The van der Waals surface area contributed by atoms with Crippen molar-refractivity contribution >= 4 is 11.5 Å². The van der Waals surface area contributed by atoms with Crippen LogP contribution in [0.3, 0.4) is 0 Å². The van der Waals surface area contributed by atoms with Crippen LogP contribution in [0.1, 0.15) is 17.4 Å². The molecule has 9 nitrogen and oxygen atoms in total. The van der Waals surface area contributed by atoms with E-state index in [2.05, 4.69) is 10.4 Å². The van der Waals surface area contributed by atoms with Crippen molar-refractivity contribution in [2.45, 2.75) is 13.0 Å². The summed E-state index contributed by atoms with van der Waals surface area (Å²) in [7, 11) is 4.64.